The van der Waals surface area contributed by atoms with Crippen LogP contribution >= 0.6 is 0 Å². The van der Waals surface area contributed by atoms with Gasteiger partial charge in [-0.3, -0.25) is 10.4 Å². The maximum absolute atomic E-state index is 4.24. The van der Waals surface area contributed by atoms with Crippen molar-refractivity contribution < 1.29 is 0 Å². The average Bonchev–Trinajstić information content (AvgIpc) is 2.31. The van der Waals surface area contributed by atoms with Gasteiger partial charge < -0.3 is 0 Å². The fourth-order valence-electron chi connectivity index (χ4n) is 1.32. The number of hydrogen-bond donors (Lipinski definition) is 1. The van der Waals surface area contributed by atoms with Gasteiger partial charge in [0.15, 0.2) is 0 Å². The summed E-state index contributed by atoms with van der Waals surface area (Å²) < 4.78 is 0. The molecule has 0 amide bonds. The van der Waals surface area contributed by atoms with Crippen molar-refractivity contribution in [2.45, 2.75) is 0 Å². The topological polar surface area (TPSA) is 28.2 Å². The molecule has 0 saturated heterocycles. The number of nitrogens with one attached hydrogen (secondary N) is 1. The van der Waals surface area contributed by atoms with Gasteiger partial charge in [-0.2, -0.15) is 0 Å². The molecule has 0 saturated carbocycles. The van der Waals surface area contributed by atoms with Gasteiger partial charge in [-0.15, -0.1) is 0 Å². The first-order chi connectivity index (χ1) is 7.36. The molecular formula is C12H13N3. The van der Waals surface area contributed by atoms with Crippen molar-refractivity contribution in [3.05, 3.63) is 54.7 Å². The molecule has 0 spiro atoms. The summed E-state index contributed by atoms with van der Waals surface area (Å²) in [5.74, 6) is 0.890. The molecule has 0 aliphatic carbocycles. The van der Waals surface area contributed by atoms with Gasteiger partial charge in [-0.1, -0.05) is 24.3 Å². The van der Waals surface area contributed by atoms with Crippen LogP contribution in [0.5, 0.6) is 0 Å². The molecular weight excluding hydrogens is 186 g/mol. The van der Waals surface area contributed by atoms with Gasteiger partial charge in [-0.05, 0) is 24.3 Å². The van der Waals surface area contributed by atoms with Crippen LogP contribution in [0.3, 0.4) is 0 Å². The molecule has 1 aromatic carbocycles. The Hall–Kier alpha value is -2.03. The Morgan fingerprint density at radius 2 is 1.73 bits per heavy atom. The largest absolute Gasteiger partial charge is 0.297 e. The lowest BCUT2D eigenvalue weighted by Gasteiger charge is -2.20. The summed E-state index contributed by atoms with van der Waals surface area (Å²) in [6.07, 6.45) is 1.78. The van der Waals surface area contributed by atoms with Crippen molar-refractivity contribution in [3.63, 3.8) is 0 Å². The van der Waals surface area contributed by atoms with Gasteiger partial charge in [0.05, 0.1) is 5.69 Å². The summed E-state index contributed by atoms with van der Waals surface area (Å²) in [4.78, 5) is 4.24. The number of hydrazine groups is 1. The smallest absolute Gasteiger partial charge is 0.146 e. The van der Waals surface area contributed by atoms with Crippen LogP contribution in [0.2, 0.25) is 0 Å². The van der Waals surface area contributed by atoms with E-state index < -0.39 is 0 Å². The zero-order valence-corrected chi connectivity index (χ0v) is 8.59. The van der Waals surface area contributed by atoms with Gasteiger partial charge in [0.25, 0.3) is 0 Å². The van der Waals surface area contributed by atoms with Crippen LogP contribution in [-0.2, 0) is 0 Å². The number of benzene rings is 1. The summed E-state index contributed by atoms with van der Waals surface area (Å²) in [6, 6.07) is 15.8. The van der Waals surface area contributed by atoms with Crippen molar-refractivity contribution in [1.82, 2.24) is 4.98 Å². The maximum Gasteiger partial charge on any atom is 0.146 e. The lowest BCUT2D eigenvalue weighted by Crippen LogP contribution is -2.25. The maximum atomic E-state index is 4.24. The minimum Gasteiger partial charge on any atom is -0.297 e. The molecule has 3 heteroatoms. The van der Waals surface area contributed by atoms with Crippen LogP contribution in [0.1, 0.15) is 0 Å². The highest BCUT2D eigenvalue weighted by molar-refractivity contribution is 5.50. The van der Waals surface area contributed by atoms with Crippen LogP contribution in [0.15, 0.2) is 54.7 Å². The number of anilines is 2. The number of para-hydroxylation sites is 1. The highest BCUT2D eigenvalue weighted by Crippen LogP contribution is 2.11. The Bertz CT molecular complexity index is 400. The third kappa shape index (κ3) is 2.47. The number of rotatable bonds is 3. The summed E-state index contributed by atoms with van der Waals surface area (Å²) >= 11 is 0. The first-order valence-corrected chi connectivity index (χ1v) is 4.83. The van der Waals surface area contributed by atoms with Crippen molar-refractivity contribution in [1.29, 1.82) is 0 Å². The third-order valence-electron chi connectivity index (χ3n) is 2.06. The summed E-state index contributed by atoms with van der Waals surface area (Å²) in [7, 11) is 1.94. The number of aromatic nitrogens is 1. The van der Waals surface area contributed by atoms with E-state index >= 15 is 0 Å². The molecule has 1 N–H and O–H groups in total. The van der Waals surface area contributed by atoms with E-state index in [1.165, 1.54) is 0 Å². The van der Waals surface area contributed by atoms with Crippen LogP contribution in [0, 0.1) is 0 Å². The van der Waals surface area contributed by atoms with Crippen LogP contribution < -0.4 is 10.4 Å². The van der Waals surface area contributed by atoms with E-state index in [9.17, 15) is 0 Å². The molecule has 0 aliphatic rings. The molecule has 2 aromatic rings. The highest BCUT2D eigenvalue weighted by atomic mass is 15.5. The predicted octanol–water partition coefficient (Wildman–Crippen LogP) is 2.54. The van der Waals surface area contributed by atoms with Crippen molar-refractivity contribution >= 4 is 11.5 Å². The molecule has 0 bridgehead atoms. The number of pyridine rings is 1. The van der Waals surface area contributed by atoms with E-state index in [0.717, 1.165) is 11.5 Å². The molecule has 76 valence electrons. The van der Waals surface area contributed by atoms with Gasteiger partial charge in [-0.25, -0.2) is 4.98 Å². The summed E-state index contributed by atoms with van der Waals surface area (Å²) in [5.41, 5.74) is 4.28. The molecule has 1 aromatic heterocycles. The molecule has 0 aliphatic heterocycles. The van der Waals surface area contributed by atoms with E-state index in [-0.39, 0.29) is 0 Å². The normalized spacial score (nSPS) is 9.67. The molecule has 2 rings (SSSR count). The van der Waals surface area contributed by atoms with Gasteiger partial charge in [0, 0.05) is 13.2 Å². The van der Waals surface area contributed by atoms with Crippen LogP contribution in [0.4, 0.5) is 11.5 Å². The molecule has 3 nitrogen and oxygen atoms in total. The lowest BCUT2D eigenvalue weighted by atomic mass is 10.3. The van der Waals surface area contributed by atoms with Crippen LogP contribution in [0.25, 0.3) is 0 Å². The SMILES string of the molecule is CN(Nc1ccccc1)c1ccccn1. The second-order valence-corrected chi connectivity index (χ2v) is 3.22. The Labute approximate surface area is 89.4 Å². The Morgan fingerprint density at radius 1 is 1.00 bits per heavy atom. The molecule has 0 atom stereocenters. The quantitative estimate of drug-likeness (QED) is 0.770. The zero-order chi connectivity index (χ0) is 10.5. The van der Waals surface area contributed by atoms with Crippen molar-refractivity contribution in [2.24, 2.45) is 0 Å². The van der Waals surface area contributed by atoms with E-state index in [1.807, 2.05) is 60.6 Å². The Morgan fingerprint density at radius 3 is 2.40 bits per heavy atom. The lowest BCUT2D eigenvalue weighted by molar-refractivity contribution is 1.04. The fourth-order valence-corrected chi connectivity index (χ4v) is 1.32. The number of hydrogen-bond acceptors (Lipinski definition) is 3. The predicted molar refractivity (Wildman–Crippen MR) is 62.7 cm³/mol. The minimum atomic E-state index is 0.890. The van der Waals surface area contributed by atoms with E-state index in [1.54, 1.807) is 6.20 Å². The average molecular weight is 199 g/mol. The molecule has 0 unspecified atom stereocenters. The van der Waals surface area contributed by atoms with Gasteiger partial charge >= 0.3 is 0 Å². The number of nitrogens with zero attached hydrogens (tertiary/aromatic N) is 2. The van der Waals surface area contributed by atoms with E-state index in [4.69, 9.17) is 0 Å². The third-order valence-corrected chi connectivity index (χ3v) is 2.06. The monoisotopic (exact) mass is 199 g/mol. The Balaban J connectivity index is 2.08. The molecule has 0 fully saturated rings. The van der Waals surface area contributed by atoms with Crippen molar-refractivity contribution in [3.8, 4) is 0 Å². The van der Waals surface area contributed by atoms with Gasteiger partial charge in [0.1, 0.15) is 5.82 Å². The van der Waals surface area contributed by atoms with Crippen LogP contribution in [-0.4, -0.2) is 12.0 Å². The molecule has 0 radical (unpaired) electrons. The second-order valence-electron chi connectivity index (χ2n) is 3.22. The highest BCUT2D eigenvalue weighted by Gasteiger charge is 1.99. The fraction of sp³-hybridized carbons (Fsp3) is 0.0833. The zero-order valence-electron chi connectivity index (χ0n) is 8.59. The van der Waals surface area contributed by atoms with Crippen molar-refractivity contribution in [2.75, 3.05) is 17.5 Å². The summed E-state index contributed by atoms with van der Waals surface area (Å²) in [5, 5.41) is 1.88. The Kier molecular flexibility index (Phi) is 2.83. The summed E-state index contributed by atoms with van der Waals surface area (Å²) in [6.45, 7) is 0. The first kappa shape index (κ1) is 9.52. The van der Waals surface area contributed by atoms with E-state index in [2.05, 4.69) is 10.4 Å². The first-order valence-electron chi connectivity index (χ1n) is 4.83. The van der Waals surface area contributed by atoms with E-state index in [0.29, 0.717) is 0 Å². The molecule has 1 heterocycles. The standard InChI is InChI=1S/C12H13N3/c1-15(12-9-5-6-10-13-12)14-11-7-3-2-4-8-11/h2-10,14H,1H3. The minimum absolute atomic E-state index is 0.890. The second kappa shape index (κ2) is 4.46. The van der Waals surface area contributed by atoms with Gasteiger partial charge in [0.2, 0.25) is 0 Å². The molecule has 15 heavy (non-hydrogen) atoms.